The van der Waals surface area contributed by atoms with Crippen LogP contribution < -0.4 is 21.2 Å². The first-order chi connectivity index (χ1) is 12.3. The minimum atomic E-state index is -1.89. The van der Waals surface area contributed by atoms with Gasteiger partial charge in [-0.15, -0.1) is 0 Å². The quantitative estimate of drug-likeness (QED) is 0.699. The number of hydrogen-bond donors (Lipinski definition) is 1. The first kappa shape index (κ1) is 16.1. The van der Waals surface area contributed by atoms with Gasteiger partial charge in [0.2, 0.25) is 0 Å². The largest absolute Gasteiger partial charge is 0.356 e. The van der Waals surface area contributed by atoms with E-state index in [0.717, 1.165) is 13.0 Å². The summed E-state index contributed by atoms with van der Waals surface area (Å²) in [6, 6.07) is 33.1. The van der Waals surface area contributed by atoms with E-state index in [9.17, 15) is 0 Å². The molecule has 1 aliphatic rings. The highest BCUT2D eigenvalue weighted by Crippen LogP contribution is 2.63. The van der Waals surface area contributed by atoms with Crippen LogP contribution in [0.5, 0.6) is 0 Å². The van der Waals surface area contributed by atoms with Crippen LogP contribution in [0.3, 0.4) is 0 Å². The van der Waals surface area contributed by atoms with Gasteiger partial charge in [-0.3, -0.25) is 0 Å². The second kappa shape index (κ2) is 6.86. The van der Waals surface area contributed by atoms with E-state index >= 15 is 0 Å². The van der Waals surface area contributed by atoms with E-state index in [2.05, 4.69) is 103 Å². The molecule has 0 aliphatic carbocycles. The molecule has 0 saturated heterocycles. The molecule has 1 heterocycles. The summed E-state index contributed by atoms with van der Waals surface area (Å²) in [6.45, 7) is 3.33. The van der Waals surface area contributed by atoms with E-state index in [1.807, 2.05) is 0 Å². The molecular formula is C23H23NP+. The van der Waals surface area contributed by atoms with Crippen LogP contribution in [-0.4, -0.2) is 6.54 Å². The molecule has 0 amide bonds. The molecule has 1 N–H and O–H groups in total. The zero-order valence-corrected chi connectivity index (χ0v) is 15.4. The summed E-state index contributed by atoms with van der Waals surface area (Å²) >= 11 is 0. The molecule has 0 radical (unpaired) electrons. The fourth-order valence-electron chi connectivity index (χ4n) is 3.83. The van der Waals surface area contributed by atoms with Crippen molar-refractivity contribution < 1.29 is 0 Å². The number of hydrogen-bond acceptors (Lipinski definition) is 1. The monoisotopic (exact) mass is 344 g/mol. The average molecular weight is 344 g/mol. The molecule has 4 rings (SSSR count). The zero-order valence-electron chi connectivity index (χ0n) is 14.5. The molecule has 3 aromatic carbocycles. The smallest absolute Gasteiger partial charge is 0.171 e. The lowest BCUT2D eigenvalue weighted by atomic mass is 10.3. The molecule has 0 aromatic heterocycles. The predicted molar refractivity (Wildman–Crippen MR) is 110 cm³/mol. The van der Waals surface area contributed by atoms with Crippen LogP contribution in [0.15, 0.2) is 102 Å². The van der Waals surface area contributed by atoms with Crippen molar-refractivity contribution in [2.24, 2.45) is 0 Å². The van der Waals surface area contributed by atoms with Gasteiger partial charge in [-0.25, -0.2) is 0 Å². The van der Waals surface area contributed by atoms with Crippen LogP contribution in [0.1, 0.15) is 13.3 Å². The van der Waals surface area contributed by atoms with Crippen molar-refractivity contribution >= 4 is 23.2 Å². The number of nitrogens with one attached hydrogen (secondary N) is 1. The maximum Gasteiger partial charge on any atom is 0.171 e. The van der Waals surface area contributed by atoms with Crippen molar-refractivity contribution in [1.29, 1.82) is 0 Å². The normalized spacial score (nSPS) is 14.4. The van der Waals surface area contributed by atoms with Crippen LogP contribution >= 0.6 is 7.26 Å². The Balaban J connectivity index is 2.11. The molecule has 0 bridgehead atoms. The third kappa shape index (κ3) is 2.69. The van der Waals surface area contributed by atoms with Gasteiger partial charge in [0.15, 0.2) is 12.7 Å². The van der Waals surface area contributed by atoms with Gasteiger partial charge in [0.25, 0.3) is 0 Å². The highest BCUT2D eigenvalue weighted by Gasteiger charge is 2.51. The summed E-state index contributed by atoms with van der Waals surface area (Å²) in [5, 5.41) is 8.01. The molecule has 1 aliphatic heterocycles. The molecule has 0 saturated carbocycles. The highest BCUT2D eigenvalue weighted by atomic mass is 31.2. The Morgan fingerprint density at radius 1 is 0.640 bits per heavy atom. The number of benzene rings is 3. The molecule has 0 fully saturated rings. The van der Waals surface area contributed by atoms with Crippen molar-refractivity contribution in [2.45, 2.75) is 13.3 Å². The van der Waals surface area contributed by atoms with Crippen LogP contribution in [0.2, 0.25) is 0 Å². The zero-order chi connectivity index (χ0) is 17.1. The van der Waals surface area contributed by atoms with Gasteiger partial charge < -0.3 is 5.32 Å². The summed E-state index contributed by atoms with van der Waals surface area (Å²) in [6.07, 6.45) is 1.13. The summed E-state index contributed by atoms with van der Waals surface area (Å²) in [5.41, 5.74) is 2.93. The maximum absolute atomic E-state index is 3.77. The van der Waals surface area contributed by atoms with Crippen LogP contribution in [0, 0.1) is 0 Å². The van der Waals surface area contributed by atoms with Gasteiger partial charge in [-0.1, -0.05) is 54.6 Å². The lowest BCUT2D eigenvalue weighted by molar-refractivity contribution is 0.897. The van der Waals surface area contributed by atoms with Crippen LogP contribution in [0.25, 0.3) is 0 Å². The van der Waals surface area contributed by atoms with Crippen molar-refractivity contribution in [3.8, 4) is 0 Å². The topological polar surface area (TPSA) is 12.0 Å². The molecule has 1 nitrogen and oxygen atoms in total. The van der Waals surface area contributed by atoms with Crippen LogP contribution in [-0.2, 0) is 0 Å². The first-order valence-electron chi connectivity index (χ1n) is 8.83. The molecular weight excluding hydrogens is 321 g/mol. The number of rotatable bonds is 4. The van der Waals surface area contributed by atoms with Crippen molar-refractivity contribution in [2.75, 3.05) is 6.54 Å². The Morgan fingerprint density at radius 3 is 1.36 bits per heavy atom. The fraction of sp³-hybridized carbons (Fsp3) is 0.130. The first-order valence-corrected chi connectivity index (χ1v) is 10.6. The SMILES string of the molecule is CC1=C([P+](c2ccccc2)(c2ccccc2)c2ccccc2)NCC1. The van der Waals surface area contributed by atoms with Crippen molar-refractivity contribution in [3.05, 3.63) is 102 Å². The average Bonchev–Trinajstić information content (AvgIpc) is 3.12. The fourth-order valence-corrected chi connectivity index (χ4v) is 8.39. The second-order valence-electron chi connectivity index (χ2n) is 6.48. The Morgan fingerprint density at radius 2 is 1.04 bits per heavy atom. The Labute approximate surface area is 150 Å². The molecule has 2 heteroatoms. The summed E-state index contributed by atoms with van der Waals surface area (Å²) in [4.78, 5) is 0. The summed E-state index contributed by atoms with van der Waals surface area (Å²) < 4.78 is 0. The molecule has 25 heavy (non-hydrogen) atoms. The van der Waals surface area contributed by atoms with Gasteiger partial charge in [-0.05, 0) is 55.3 Å². The lowest BCUT2D eigenvalue weighted by Crippen LogP contribution is -2.35. The predicted octanol–water partition coefficient (Wildman–Crippen LogP) is 4.21. The Bertz CT molecular complexity index is 773. The van der Waals surface area contributed by atoms with Gasteiger partial charge in [0.05, 0.1) is 0 Å². The van der Waals surface area contributed by atoms with Gasteiger partial charge >= 0.3 is 0 Å². The van der Waals surface area contributed by atoms with E-state index in [0.29, 0.717) is 0 Å². The Kier molecular flexibility index (Phi) is 4.42. The van der Waals surface area contributed by atoms with Gasteiger partial charge in [-0.2, -0.15) is 0 Å². The minimum Gasteiger partial charge on any atom is -0.356 e. The second-order valence-corrected chi connectivity index (χ2v) is 9.82. The van der Waals surface area contributed by atoms with Crippen molar-refractivity contribution in [1.82, 2.24) is 5.32 Å². The Hall–Kier alpha value is -2.37. The van der Waals surface area contributed by atoms with E-state index in [4.69, 9.17) is 0 Å². The summed E-state index contributed by atoms with van der Waals surface area (Å²) in [5.74, 6) is 0. The third-order valence-electron chi connectivity index (χ3n) is 4.96. The van der Waals surface area contributed by atoms with Gasteiger partial charge in [0.1, 0.15) is 15.9 Å². The van der Waals surface area contributed by atoms with Gasteiger partial charge in [0, 0.05) is 6.54 Å². The van der Waals surface area contributed by atoms with E-state index in [-0.39, 0.29) is 0 Å². The van der Waals surface area contributed by atoms with E-state index < -0.39 is 7.26 Å². The lowest BCUT2D eigenvalue weighted by Gasteiger charge is -2.29. The highest BCUT2D eigenvalue weighted by molar-refractivity contribution is 7.99. The molecule has 0 spiro atoms. The maximum atomic E-state index is 3.77. The van der Waals surface area contributed by atoms with Crippen molar-refractivity contribution in [3.63, 3.8) is 0 Å². The molecule has 0 atom stereocenters. The van der Waals surface area contributed by atoms with E-state index in [1.54, 1.807) is 0 Å². The van der Waals surface area contributed by atoms with Crippen LogP contribution in [0.4, 0.5) is 0 Å². The molecule has 3 aromatic rings. The van der Waals surface area contributed by atoms with E-state index in [1.165, 1.54) is 26.9 Å². The molecule has 0 unspecified atom stereocenters. The summed E-state index contributed by atoms with van der Waals surface area (Å²) in [7, 11) is -1.89. The molecule has 124 valence electrons. The standard InChI is InChI=1S/C23H23NP/c1-19-17-18-24-23(19)25(20-11-5-2-6-12-20,21-13-7-3-8-14-21)22-15-9-4-10-16-22/h2-16,24H,17-18H2,1H3/q+1. The minimum absolute atomic E-state index is 1.04. The third-order valence-corrected chi connectivity index (χ3v) is 9.39.